The standard InChI is InChI=1S/C16H21NO5.C15H19NO6/c1-10(2)8-20-16(19)17(4)11(3)15(18)12-5-6-13-14(7-12)22-9-21-13;1-10(16(2)15(18)20-7-6-19-3)14(17)11-4-5-12-13(8-11)22-9-21-12/h5-7,10-11H,8-9H2,1-4H3;4-5,8,10H,6-7,9H2,1-3H3. The van der Waals surface area contributed by atoms with Gasteiger partial charge in [-0.15, -0.1) is 0 Å². The molecule has 13 nitrogen and oxygen atoms in total. The number of rotatable bonds is 11. The molecule has 2 heterocycles. The molecule has 0 aliphatic carbocycles. The Labute approximate surface area is 256 Å². The SMILES string of the molecule is CC(C)COC(=O)N(C)C(C)C(=O)c1ccc2c(c1)OCO2.COCCOC(=O)N(C)C(C)C(=O)c1ccc2c(c1)OCO2. The number of hydrogen-bond acceptors (Lipinski definition) is 11. The molecular weight excluding hydrogens is 576 g/mol. The van der Waals surface area contributed by atoms with E-state index in [1.807, 2.05) is 13.8 Å². The second-order valence-corrected chi connectivity index (χ2v) is 10.5. The molecule has 0 spiro atoms. The van der Waals surface area contributed by atoms with E-state index in [-0.39, 0.29) is 37.7 Å². The Morgan fingerprint density at radius 2 is 1.11 bits per heavy atom. The second-order valence-electron chi connectivity index (χ2n) is 10.5. The Hall–Kier alpha value is -4.52. The van der Waals surface area contributed by atoms with Crippen molar-refractivity contribution < 1.29 is 52.3 Å². The molecule has 0 saturated heterocycles. The topological polar surface area (TPSA) is 139 Å². The number of hydrogen-bond donors (Lipinski definition) is 0. The van der Waals surface area contributed by atoms with Gasteiger partial charge in [0, 0.05) is 32.3 Å². The fraction of sp³-hybridized carbons (Fsp3) is 0.484. The van der Waals surface area contributed by atoms with Gasteiger partial charge in [0.05, 0.1) is 25.3 Å². The van der Waals surface area contributed by atoms with Crippen molar-refractivity contribution in [3.05, 3.63) is 47.5 Å². The van der Waals surface area contributed by atoms with Crippen LogP contribution in [0.5, 0.6) is 23.0 Å². The van der Waals surface area contributed by atoms with Crippen LogP contribution < -0.4 is 18.9 Å². The molecule has 4 rings (SSSR count). The fourth-order valence-electron chi connectivity index (χ4n) is 3.90. The number of methoxy groups -OCH3 is 1. The van der Waals surface area contributed by atoms with E-state index in [1.54, 1.807) is 57.3 Å². The molecular formula is C31H40N2O11. The zero-order valence-corrected chi connectivity index (χ0v) is 26.1. The average Bonchev–Trinajstić information content (AvgIpc) is 3.70. The molecule has 0 bridgehead atoms. The summed E-state index contributed by atoms with van der Waals surface area (Å²) in [5.74, 6) is 2.17. The van der Waals surface area contributed by atoms with E-state index in [0.717, 1.165) is 0 Å². The van der Waals surface area contributed by atoms with Crippen LogP contribution in [-0.4, -0.2) is 100 Å². The minimum atomic E-state index is -0.657. The zero-order chi connectivity index (χ0) is 32.4. The molecule has 0 aromatic heterocycles. The summed E-state index contributed by atoms with van der Waals surface area (Å²) in [6.07, 6.45) is -1.08. The maximum atomic E-state index is 12.5. The number of likely N-dealkylation sites (N-methyl/N-ethyl adjacent to an activating group) is 2. The van der Waals surface area contributed by atoms with Crippen LogP contribution in [0.2, 0.25) is 0 Å². The molecule has 0 fully saturated rings. The van der Waals surface area contributed by atoms with Crippen LogP contribution in [0.1, 0.15) is 48.4 Å². The van der Waals surface area contributed by atoms with Gasteiger partial charge in [-0.1, -0.05) is 13.8 Å². The summed E-state index contributed by atoms with van der Waals surface area (Å²) >= 11 is 0. The Morgan fingerprint density at radius 3 is 1.55 bits per heavy atom. The number of ketones is 2. The maximum Gasteiger partial charge on any atom is 0.410 e. The Kier molecular flexibility index (Phi) is 12.2. The molecule has 2 aromatic carbocycles. The number of carbonyl (C=O) groups is 4. The highest BCUT2D eigenvalue weighted by molar-refractivity contribution is 6.02. The summed E-state index contributed by atoms with van der Waals surface area (Å²) in [6.45, 7) is 8.30. The van der Waals surface area contributed by atoms with Gasteiger partial charge in [-0.25, -0.2) is 9.59 Å². The highest BCUT2D eigenvalue weighted by atomic mass is 16.7. The number of Topliss-reactive ketones (excluding diaryl/α,β-unsaturated/α-hetero) is 2. The largest absolute Gasteiger partial charge is 0.454 e. The summed E-state index contributed by atoms with van der Waals surface area (Å²) in [4.78, 5) is 51.2. The lowest BCUT2D eigenvalue weighted by atomic mass is 10.0. The molecule has 0 saturated carbocycles. The van der Waals surface area contributed by atoms with Crippen molar-refractivity contribution in [2.45, 2.75) is 39.8 Å². The lowest BCUT2D eigenvalue weighted by Crippen LogP contribution is -2.41. The third kappa shape index (κ3) is 8.75. The monoisotopic (exact) mass is 616 g/mol. The second kappa shape index (κ2) is 15.8. The van der Waals surface area contributed by atoms with Crippen LogP contribution in [-0.2, 0) is 14.2 Å². The molecule has 2 aliphatic rings. The summed E-state index contributed by atoms with van der Waals surface area (Å²) in [6, 6.07) is 8.66. The van der Waals surface area contributed by atoms with Crippen LogP contribution in [0.4, 0.5) is 9.59 Å². The average molecular weight is 617 g/mol. The Balaban J connectivity index is 0.000000240. The van der Waals surface area contributed by atoms with Crippen molar-refractivity contribution in [1.82, 2.24) is 9.80 Å². The minimum absolute atomic E-state index is 0.143. The normalized spacial score (nSPS) is 13.7. The first kappa shape index (κ1) is 34.0. The van der Waals surface area contributed by atoms with Crippen LogP contribution in [0.3, 0.4) is 0 Å². The minimum Gasteiger partial charge on any atom is -0.454 e. The lowest BCUT2D eigenvalue weighted by Gasteiger charge is -2.23. The molecule has 0 N–H and O–H groups in total. The highest BCUT2D eigenvalue weighted by Gasteiger charge is 2.27. The van der Waals surface area contributed by atoms with Gasteiger partial charge >= 0.3 is 12.2 Å². The van der Waals surface area contributed by atoms with Crippen molar-refractivity contribution in [3.63, 3.8) is 0 Å². The predicted molar refractivity (Wildman–Crippen MR) is 158 cm³/mol. The summed E-state index contributed by atoms with van der Waals surface area (Å²) < 4.78 is 35.9. The van der Waals surface area contributed by atoms with Crippen LogP contribution in [0.25, 0.3) is 0 Å². The van der Waals surface area contributed by atoms with E-state index in [4.69, 9.17) is 33.2 Å². The van der Waals surface area contributed by atoms with Crippen molar-refractivity contribution in [1.29, 1.82) is 0 Å². The van der Waals surface area contributed by atoms with Gasteiger partial charge in [-0.05, 0) is 56.2 Å². The van der Waals surface area contributed by atoms with Crippen molar-refractivity contribution in [2.75, 3.05) is 54.6 Å². The number of amides is 2. The van der Waals surface area contributed by atoms with E-state index in [0.29, 0.717) is 47.3 Å². The third-order valence-corrected chi connectivity index (χ3v) is 6.86. The van der Waals surface area contributed by atoms with Gasteiger partial charge in [-0.2, -0.15) is 0 Å². The van der Waals surface area contributed by atoms with Gasteiger partial charge in [0.15, 0.2) is 34.6 Å². The summed E-state index contributed by atoms with van der Waals surface area (Å²) in [7, 11) is 4.59. The highest BCUT2D eigenvalue weighted by Crippen LogP contribution is 2.34. The molecule has 0 radical (unpaired) electrons. The number of nitrogens with zero attached hydrogens (tertiary/aromatic N) is 2. The Morgan fingerprint density at radius 1 is 0.682 bits per heavy atom. The van der Waals surface area contributed by atoms with Gasteiger partial charge in [-0.3, -0.25) is 9.59 Å². The van der Waals surface area contributed by atoms with Crippen molar-refractivity contribution >= 4 is 23.8 Å². The molecule has 2 atom stereocenters. The van der Waals surface area contributed by atoms with E-state index in [9.17, 15) is 19.2 Å². The number of carbonyl (C=O) groups excluding carboxylic acids is 4. The van der Waals surface area contributed by atoms with Crippen molar-refractivity contribution in [2.24, 2.45) is 5.92 Å². The maximum absolute atomic E-state index is 12.5. The van der Waals surface area contributed by atoms with Crippen molar-refractivity contribution in [3.8, 4) is 23.0 Å². The lowest BCUT2D eigenvalue weighted by molar-refractivity contribution is 0.0631. The van der Waals surface area contributed by atoms with E-state index >= 15 is 0 Å². The molecule has 2 amide bonds. The molecule has 44 heavy (non-hydrogen) atoms. The number of ether oxygens (including phenoxy) is 7. The Bertz CT molecular complexity index is 1330. The number of fused-ring (bicyclic) bond motifs is 2. The first-order valence-electron chi connectivity index (χ1n) is 14.1. The quantitative estimate of drug-likeness (QED) is 0.262. The number of benzene rings is 2. The molecule has 2 aromatic rings. The van der Waals surface area contributed by atoms with Gasteiger partial charge in [0.2, 0.25) is 13.6 Å². The molecule has 13 heteroatoms. The van der Waals surface area contributed by atoms with Crippen LogP contribution >= 0.6 is 0 Å². The van der Waals surface area contributed by atoms with Gasteiger partial charge in [0.1, 0.15) is 6.61 Å². The molecule has 2 aliphatic heterocycles. The predicted octanol–water partition coefficient (Wildman–Crippen LogP) is 4.41. The molecule has 2 unspecified atom stereocenters. The van der Waals surface area contributed by atoms with Gasteiger partial charge in [0.25, 0.3) is 0 Å². The molecule has 240 valence electrons. The van der Waals surface area contributed by atoms with E-state index in [1.165, 1.54) is 24.0 Å². The summed E-state index contributed by atoms with van der Waals surface area (Å²) in [5.41, 5.74) is 0.925. The van der Waals surface area contributed by atoms with E-state index in [2.05, 4.69) is 0 Å². The van der Waals surface area contributed by atoms with Gasteiger partial charge < -0.3 is 43.0 Å². The summed E-state index contributed by atoms with van der Waals surface area (Å²) in [5, 5.41) is 0. The zero-order valence-electron chi connectivity index (χ0n) is 26.1. The first-order chi connectivity index (χ1) is 20.9. The smallest absolute Gasteiger partial charge is 0.410 e. The van der Waals surface area contributed by atoms with E-state index < -0.39 is 24.3 Å². The fourth-order valence-corrected chi connectivity index (χ4v) is 3.90. The third-order valence-electron chi connectivity index (χ3n) is 6.86. The van der Waals surface area contributed by atoms with Crippen LogP contribution in [0, 0.1) is 5.92 Å². The first-order valence-corrected chi connectivity index (χ1v) is 14.1. The van der Waals surface area contributed by atoms with Crippen LogP contribution in [0.15, 0.2) is 36.4 Å².